The first-order valence-corrected chi connectivity index (χ1v) is 6.00. The number of carbonyl (C=O) groups is 1. The number of aromatic hydroxyl groups is 3. The molecule has 7 heteroatoms. The first kappa shape index (κ1) is 14.6. The van der Waals surface area contributed by atoms with Crippen molar-refractivity contribution in [1.29, 1.82) is 0 Å². The molecule has 0 saturated heterocycles. The molecule has 0 aromatic heterocycles. The maximum atomic E-state index is 12.7. The van der Waals surface area contributed by atoms with Crippen molar-refractivity contribution in [3.05, 3.63) is 53.3 Å². The molecule has 110 valence electrons. The van der Waals surface area contributed by atoms with Gasteiger partial charge in [-0.25, -0.2) is 9.82 Å². The number of phenolic OH excluding ortho intramolecular Hbond substituents is 3. The predicted octanol–water partition coefficient (Wildman–Crippen LogP) is 1.38. The van der Waals surface area contributed by atoms with Crippen LogP contribution in [0.15, 0.2) is 36.4 Å². The molecule has 0 aliphatic carbocycles. The molecule has 0 aliphatic rings. The Morgan fingerprint density at radius 2 is 1.67 bits per heavy atom. The van der Waals surface area contributed by atoms with Gasteiger partial charge < -0.3 is 15.3 Å². The molecule has 2 aromatic rings. The van der Waals surface area contributed by atoms with Crippen molar-refractivity contribution in [2.24, 2.45) is 0 Å². The van der Waals surface area contributed by atoms with Crippen molar-refractivity contribution in [2.45, 2.75) is 6.54 Å². The predicted molar refractivity (Wildman–Crippen MR) is 72.1 cm³/mol. The minimum absolute atomic E-state index is 0.0204. The Balaban J connectivity index is 1.94. The first-order chi connectivity index (χ1) is 9.99. The van der Waals surface area contributed by atoms with Crippen molar-refractivity contribution in [3.8, 4) is 17.2 Å². The van der Waals surface area contributed by atoms with Crippen LogP contribution in [-0.2, 0) is 6.54 Å². The molecule has 0 atom stereocenters. The summed E-state index contributed by atoms with van der Waals surface area (Å²) in [5.74, 6) is -2.45. The average molecular weight is 292 g/mol. The Morgan fingerprint density at radius 1 is 1.00 bits per heavy atom. The zero-order valence-corrected chi connectivity index (χ0v) is 10.8. The maximum absolute atomic E-state index is 12.7. The molecule has 0 aliphatic heterocycles. The molecule has 0 unspecified atom stereocenters. The third-order valence-electron chi connectivity index (χ3n) is 2.80. The zero-order chi connectivity index (χ0) is 15.4. The van der Waals surface area contributed by atoms with E-state index >= 15 is 0 Å². The number of hydrogen-bond donors (Lipinski definition) is 5. The van der Waals surface area contributed by atoms with Gasteiger partial charge in [-0.05, 0) is 30.3 Å². The van der Waals surface area contributed by atoms with E-state index in [2.05, 4.69) is 10.9 Å². The molecule has 0 heterocycles. The molecule has 6 nitrogen and oxygen atoms in total. The van der Waals surface area contributed by atoms with Crippen LogP contribution < -0.4 is 10.9 Å². The summed E-state index contributed by atoms with van der Waals surface area (Å²) in [6.07, 6.45) is 0. The van der Waals surface area contributed by atoms with E-state index in [9.17, 15) is 24.5 Å². The fourth-order valence-corrected chi connectivity index (χ4v) is 1.65. The number of rotatable bonds is 4. The molecule has 0 spiro atoms. The SMILES string of the molecule is O=C(NNCc1ccc(O)c(O)c1O)c1ccc(F)cc1. The Bertz CT molecular complexity index is 659. The van der Waals surface area contributed by atoms with Gasteiger partial charge in [0.15, 0.2) is 11.5 Å². The lowest BCUT2D eigenvalue weighted by atomic mass is 10.1. The van der Waals surface area contributed by atoms with Gasteiger partial charge in [0.2, 0.25) is 5.75 Å². The van der Waals surface area contributed by atoms with Gasteiger partial charge in [-0.1, -0.05) is 6.07 Å². The number of nitrogens with one attached hydrogen (secondary N) is 2. The second kappa shape index (κ2) is 6.10. The monoisotopic (exact) mass is 292 g/mol. The fourth-order valence-electron chi connectivity index (χ4n) is 1.65. The summed E-state index contributed by atoms with van der Waals surface area (Å²) in [7, 11) is 0. The quantitative estimate of drug-likeness (QED) is 0.433. The second-order valence-corrected chi connectivity index (χ2v) is 4.26. The van der Waals surface area contributed by atoms with Crippen LogP contribution in [0, 0.1) is 5.82 Å². The summed E-state index contributed by atoms with van der Waals surface area (Å²) < 4.78 is 12.7. The highest BCUT2D eigenvalue weighted by atomic mass is 19.1. The van der Waals surface area contributed by atoms with Crippen LogP contribution in [0.2, 0.25) is 0 Å². The molecule has 0 bridgehead atoms. The molecule has 0 radical (unpaired) electrons. The Labute approximate surface area is 119 Å². The van der Waals surface area contributed by atoms with E-state index < -0.39 is 29.0 Å². The van der Waals surface area contributed by atoms with E-state index in [0.717, 1.165) is 0 Å². The standard InChI is InChI=1S/C14H13FN2O4/c15-10-4-1-8(2-5-10)14(21)17-16-7-9-3-6-11(18)13(20)12(9)19/h1-6,16,18-20H,7H2,(H,17,21). The van der Waals surface area contributed by atoms with E-state index in [4.69, 9.17) is 0 Å². The number of halogens is 1. The highest BCUT2D eigenvalue weighted by Crippen LogP contribution is 2.36. The lowest BCUT2D eigenvalue weighted by Gasteiger charge is -2.10. The van der Waals surface area contributed by atoms with Crippen LogP contribution in [0.5, 0.6) is 17.2 Å². The second-order valence-electron chi connectivity index (χ2n) is 4.26. The Hall–Kier alpha value is -2.80. The molecule has 2 rings (SSSR count). The van der Waals surface area contributed by atoms with Crippen LogP contribution in [-0.4, -0.2) is 21.2 Å². The third-order valence-corrected chi connectivity index (χ3v) is 2.80. The van der Waals surface area contributed by atoms with Crippen molar-refractivity contribution in [1.82, 2.24) is 10.9 Å². The lowest BCUT2D eigenvalue weighted by Crippen LogP contribution is -2.36. The summed E-state index contributed by atoms with van der Waals surface area (Å²) in [4.78, 5) is 11.7. The third kappa shape index (κ3) is 3.40. The van der Waals surface area contributed by atoms with Crippen LogP contribution in [0.1, 0.15) is 15.9 Å². The maximum Gasteiger partial charge on any atom is 0.265 e. The minimum Gasteiger partial charge on any atom is -0.504 e. The summed E-state index contributed by atoms with van der Waals surface area (Å²) in [6.45, 7) is 0.0204. The number of phenols is 3. The smallest absolute Gasteiger partial charge is 0.265 e. The largest absolute Gasteiger partial charge is 0.504 e. The molecule has 5 N–H and O–H groups in total. The molecule has 0 saturated carbocycles. The van der Waals surface area contributed by atoms with Gasteiger partial charge in [0.05, 0.1) is 0 Å². The molecule has 2 aromatic carbocycles. The summed E-state index contributed by atoms with van der Waals surface area (Å²) in [6, 6.07) is 7.60. The number of hydrogen-bond acceptors (Lipinski definition) is 5. The lowest BCUT2D eigenvalue weighted by molar-refractivity contribution is 0.0932. The summed E-state index contributed by atoms with van der Waals surface area (Å²) >= 11 is 0. The van der Waals surface area contributed by atoms with Gasteiger partial charge in [0, 0.05) is 17.7 Å². The average Bonchev–Trinajstić information content (AvgIpc) is 2.48. The number of hydrazine groups is 1. The van der Waals surface area contributed by atoms with Gasteiger partial charge in [0.1, 0.15) is 5.82 Å². The number of amides is 1. The number of carbonyl (C=O) groups excluding carboxylic acids is 1. The van der Waals surface area contributed by atoms with Crippen molar-refractivity contribution >= 4 is 5.91 Å². The van der Waals surface area contributed by atoms with Gasteiger partial charge in [-0.15, -0.1) is 0 Å². The van der Waals surface area contributed by atoms with E-state index in [1.807, 2.05) is 0 Å². The van der Waals surface area contributed by atoms with Gasteiger partial charge in [-0.3, -0.25) is 10.2 Å². The molecule has 21 heavy (non-hydrogen) atoms. The van der Waals surface area contributed by atoms with Crippen molar-refractivity contribution < 1.29 is 24.5 Å². The molecule has 0 fully saturated rings. The highest BCUT2D eigenvalue weighted by molar-refractivity contribution is 5.93. The molecular weight excluding hydrogens is 279 g/mol. The van der Waals surface area contributed by atoms with Gasteiger partial charge in [0.25, 0.3) is 5.91 Å². The summed E-state index contributed by atoms with van der Waals surface area (Å²) in [5, 5.41) is 28.1. The Morgan fingerprint density at radius 3 is 2.33 bits per heavy atom. The molecular formula is C14H13FN2O4. The van der Waals surface area contributed by atoms with E-state index in [0.29, 0.717) is 0 Å². The van der Waals surface area contributed by atoms with Crippen LogP contribution in [0.3, 0.4) is 0 Å². The normalized spacial score (nSPS) is 10.3. The van der Waals surface area contributed by atoms with E-state index in [1.165, 1.54) is 36.4 Å². The highest BCUT2D eigenvalue weighted by Gasteiger charge is 2.11. The van der Waals surface area contributed by atoms with Crippen LogP contribution in [0.25, 0.3) is 0 Å². The van der Waals surface area contributed by atoms with E-state index in [1.54, 1.807) is 0 Å². The summed E-state index contributed by atoms with van der Waals surface area (Å²) in [5.41, 5.74) is 5.47. The fraction of sp³-hybridized carbons (Fsp3) is 0.0714. The zero-order valence-electron chi connectivity index (χ0n) is 10.8. The first-order valence-electron chi connectivity index (χ1n) is 6.00. The minimum atomic E-state index is -0.626. The Kier molecular flexibility index (Phi) is 4.24. The topological polar surface area (TPSA) is 102 Å². The van der Waals surface area contributed by atoms with Crippen LogP contribution >= 0.6 is 0 Å². The van der Waals surface area contributed by atoms with Gasteiger partial charge in [-0.2, -0.15) is 0 Å². The van der Waals surface area contributed by atoms with E-state index in [-0.39, 0.29) is 17.7 Å². The van der Waals surface area contributed by atoms with Gasteiger partial charge >= 0.3 is 0 Å². The molecule has 1 amide bonds. The van der Waals surface area contributed by atoms with Crippen molar-refractivity contribution in [3.63, 3.8) is 0 Å². The van der Waals surface area contributed by atoms with Crippen LogP contribution in [0.4, 0.5) is 4.39 Å². The number of benzene rings is 2. The van der Waals surface area contributed by atoms with Crippen molar-refractivity contribution in [2.75, 3.05) is 0 Å².